The van der Waals surface area contributed by atoms with Gasteiger partial charge in [0.05, 0.1) is 5.56 Å². The fourth-order valence-corrected chi connectivity index (χ4v) is 2.68. The molecule has 0 aliphatic rings. The average molecular weight is 389 g/mol. The summed E-state index contributed by atoms with van der Waals surface area (Å²) in [6, 6.07) is 23.5. The van der Waals surface area contributed by atoms with E-state index in [4.69, 9.17) is 4.74 Å². The van der Waals surface area contributed by atoms with Crippen molar-refractivity contribution in [3.8, 4) is 5.75 Å². The molecule has 3 aromatic rings. The van der Waals surface area contributed by atoms with Gasteiger partial charge >= 0.3 is 0 Å². The normalized spacial score (nSPS) is 10.1. The van der Waals surface area contributed by atoms with Gasteiger partial charge in [-0.2, -0.15) is 0 Å². The molecule has 0 heterocycles. The number of para-hydroxylation sites is 2. The first-order valence-electron chi connectivity index (χ1n) is 9.18. The lowest BCUT2D eigenvalue weighted by atomic mass is 10.2. The molecule has 6 heteroatoms. The maximum atomic E-state index is 12.6. The highest BCUT2D eigenvalue weighted by Gasteiger charge is 2.13. The SMILES string of the molecule is CN(C)c1ccc(NC(=O)COc2ccccc2C(=O)Nc2ccccc2)cc1. The zero-order valence-corrected chi connectivity index (χ0v) is 16.4. The largest absolute Gasteiger partial charge is 0.483 e. The van der Waals surface area contributed by atoms with E-state index in [1.54, 1.807) is 36.4 Å². The third-order valence-corrected chi connectivity index (χ3v) is 4.19. The van der Waals surface area contributed by atoms with Crippen LogP contribution in [0, 0.1) is 0 Å². The van der Waals surface area contributed by atoms with Gasteiger partial charge in [0.2, 0.25) is 0 Å². The van der Waals surface area contributed by atoms with E-state index in [2.05, 4.69) is 10.6 Å². The summed E-state index contributed by atoms with van der Waals surface area (Å²) in [7, 11) is 3.90. The van der Waals surface area contributed by atoms with Crippen LogP contribution < -0.4 is 20.3 Å². The van der Waals surface area contributed by atoms with Gasteiger partial charge in [-0.25, -0.2) is 0 Å². The van der Waals surface area contributed by atoms with E-state index in [0.717, 1.165) is 5.69 Å². The third-order valence-electron chi connectivity index (χ3n) is 4.19. The highest BCUT2D eigenvalue weighted by molar-refractivity contribution is 6.06. The van der Waals surface area contributed by atoms with Crippen LogP contribution in [0.3, 0.4) is 0 Å². The lowest BCUT2D eigenvalue weighted by molar-refractivity contribution is -0.118. The van der Waals surface area contributed by atoms with Crippen molar-refractivity contribution in [2.45, 2.75) is 0 Å². The molecule has 0 aromatic heterocycles. The second-order valence-corrected chi connectivity index (χ2v) is 6.59. The number of rotatable bonds is 7. The highest BCUT2D eigenvalue weighted by atomic mass is 16.5. The number of benzene rings is 3. The van der Waals surface area contributed by atoms with Crippen molar-refractivity contribution in [1.82, 2.24) is 0 Å². The first-order chi connectivity index (χ1) is 14.0. The molecular weight excluding hydrogens is 366 g/mol. The summed E-state index contributed by atoms with van der Waals surface area (Å²) in [5, 5.41) is 5.60. The number of carbonyl (C=O) groups excluding carboxylic acids is 2. The Morgan fingerprint density at radius 1 is 0.793 bits per heavy atom. The Morgan fingerprint density at radius 3 is 2.10 bits per heavy atom. The quantitative estimate of drug-likeness (QED) is 0.640. The highest BCUT2D eigenvalue weighted by Crippen LogP contribution is 2.20. The Morgan fingerprint density at radius 2 is 1.41 bits per heavy atom. The molecule has 0 saturated carbocycles. The van der Waals surface area contributed by atoms with Crippen LogP contribution in [0.25, 0.3) is 0 Å². The number of amides is 2. The van der Waals surface area contributed by atoms with Crippen LogP contribution in [0.4, 0.5) is 17.1 Å². The van der Waals surface area contributed by atoms with E-state index >= 15 is 0 Å². The molecular formula is C23H23N3O3. The molecule has 2 N–H and O–H groups in total. The minimum absolute atomic E-state index is 0.203. The summed E-state index contributed by atoms with van der Waals surface area (Å²) in [6.45, 7) is -0.203. The summed E-state index contributed by atoms with van der Waals surface area (Å²) in [5.41, 5.74) is 2.77. The predicted octanol–water partition coefficient (Wildman–Crippen LogP) is 4.02. The number of hydrogen-bond acceptors (Lipinski definition) is 4. The maximum absolute atomic E-state index is 12.6. The zero-order chi connectivity index (χ0) is 20.6. The zero-order valence-electron chi connectivity index (χ0n) is 16.4. The van der Waals surface area contributed by atoms with Gasteiger partial charge in [-0.05, 0) is 48.5 Å². The molecule has 0 fully saturated rings. The number of carbonyl (C=O) groups is 2. The molecule has 29 heavy (non-hydrogen) atoms. The van der Waals surface area contributed by atoms with Gasteiger partial charge in [0.25, 0.3) is 11.8 Å². The lowest BCUT2D eigenvalue weighted by Gasteiger charge is -2.14. The second-order valence-electron chi connectivity index (χ2n) is 6.59. The summed E-state index contributed by atoms with van der Waals surface area (Å²) in [6.07, 6.45) is 0. The molecule has 6 nitrogen and oxygen atoms in total. The van der Waals surface area contributed by atoms with Crippen LogP contribution >= 0.6 is 0 Å². The van der Waals surface area contributed by atoms with E-state index < -0.39 is 0 Å². The molecule has 0 bridgehead atoms. The first-order valence-corrected chi connectivity index (χ1v) is 9.18. The number of anilines is 3. The first kappa shape index (κ1) is 19.9. The molecule has 0 unspecified atom stereocenters. The summed E-state index contributed by atoms with van der Waals surface area (Å²) >= 11 is 0. The van der Waals surface area contributed by atoms with Crippen molar-refractivity contribution in [2.75, 3.05) is 36.2 Å². The fraction of sp³-hybridized carbons (Fsp3) is 0.130. The molecule has 0 aliphatic heterocycles. The Balaban J connectivity index is 1.60. The summed E-state index contributed by atoms with van der Waals surface area (Å²) in [4.78, 5) is 26.8. The van der Waals surface area contributed by atoms with Gasteiger partial charge in [0, 0.05) is 31.2 Å². The van der Waals surface area contributed by atoms with Gasteiger partial charge in [0.15, 0.2) is 6.61 Å². The summed E-state index contributed by atoms with van der Waals surface area (Å²) < 4.78 is 5.61. The molecule has 0 atom stereocenters. The maximum Gasteiger partial charge on any atom is 0.262 e. The molecule has 148 valence electrons. The molecule has 3 aromatic carbocycles. The van der Waals surface area contributed by atoms with Gasteiger partial charge in [-0.15, -0.1) is 0 Å². The standard InChI is InChI=1S/C23H23N3O3/c1-26(2)19-14-12-18(13-15-19)24-22(27)16-29-21-11-7-6-10-20(21)23(28)25-17-8-4-3-5-9-17/h3-15H,16H2,1-2H3,(H,24,27)(H,25,28). The van der Waals surface area contributed by atoms with Crippen molar-refractivity contribution in [3.63, 3.8) is 0 Å². The van der Waals surface area contributed by atoms with Crippen LogP contribution in [0.15, 0.2) is 78.9 Å². The van der Waals surface area contributed by atoms with E-state index in [0.29, 0.717) is 22.7 Å². The topological polar surface area (TPSA) is 70.7 Å². The Labute approximate surface area is 170 Å². The minimum Gasteiger partial charge on any atom is -0.483 e. The Bertz CT molecular complexity index is 970. The van der Waals surface area contributed by atoms with Crippen LogP contribution in [-0.2, 0) is 4.79 Å². The van der Waals surface area contributed by atoms with Crippen LogP contribution in [-0.4, -0.2) is 32.5 Å². The Hall–Kier alpha value is -3.80. The van der Waals surface area contributed by atoms with Gasteiger partial charge < -0.3 is 20.3 Å². The predicted molar refractivity (Wildman–Crippen MR) is 116 cm³/mol. The number of hydrogen-bond donors (Lipinski definition) is 2. The lowest BCUT2D eigenvalue weighted by Crippen LogP contribution is -2.21. The molecule has 0 aliphatic carbocycles. The fourth-order valence-electron chi connectivity index (χ4n) is 2.68. The molecule has 0 radical (unpaired) electrons. The van der Waals surface area contributed by atoms with Crippen LogP contribution in [0.2, 0.25) is 0 Å². The van der Waals surface area contributed by atoms with E-state index in [9.17, 15) is 9.59 Å². The van der Waals surface area contributed by atoms with Crippen molar-refractivity contribution in [1.29, 1.82) is 0 Å². The van der Waals surface area contributed by atoms with E-state index in [1.165, 1.54) is 0 Å². The smallest absolute Gasteiger partial charge is 0.262 e. The van der Waals surface area contributed by atoms with Gasteiger partial charge in [-0.1, -0.05) is 30.3 Å². The molecule has 0 spiro atoms. The average Bonchev–Trinajstić information content (AvgIpc) is 2.73. The van der Waals surface area contributed by atoms with Crippen molar-refractivity contribution >= 4 is 28.9 Å². The molecule has 2 amide bonds. The minimum atomic E-state index is -0.305. The van der Waals surface area contributed by atoms with Crippen LogP contribution in [0.5, 0.6) is 5.75 Å². The van der Waals surface area contributed by atoms with Crippen molar-refractivity contribution in [2.24, 2.45) is 0 Å². The van der Waals surface area contributed by atoms with E-state index in [-0.39, 0.29) is 18.4 Å². The number of nitrogens with zero attached hydrogens (tertiary/aromatic N) is 1. The van der Waals surface area contributed by atoms with E-state index in [1.807, 2.05) is 61.5 Å². The number of ether oxygens (including phenoxy) is 1. The summed E-state index contributed by atoms with van der Waals surface area (Å²) in [5.74, 6) is -0.258. The van der Waals surface area contributed by atoms with Gasteiger partial charge in [0.1, 0.15) is 5.75 Å². The van der Waals surface area contributed by atoms with Crippen LogP contribution in [0.1, 0.15) is 10.4 Å². The second kappa shape index (κ2) is 9.41. The third kappa shape index (κ3) is 5.59. The molecule has 0 saturated heterocycles. The molecule has 3 rings (SSSR count). The monoisotopic (exact) mass is 389 g/mol. The Kier molecular flexibility index (Phi) is 6.47. The van der Waals surface area contributed by atoms with Gasteiger partial charge in [-0.3, -0.25) is 9.59 Å². The van der Waals surface area contributed by atoms with Crippen molar-refractivity contribution in [3.05, 3.63) is 84.4 Å². The van der Waals surface area contributed by atoms with Crippen molar-refractivity contribution < 1.29 is 14.3 Å². The number of nitrogens with one attached hydrogen (secondary N) is 2.